The van der Waals surface area contributed by atoms with Gasteiger partial charge in [-0.3, -0.25) is 4.79 Å². The lowest BCUT2D eigenvalue weighted by molar-refractivity contribution is 0.0860. The van der Waals surface area contributed by atoms with Crippen LogP contribution in [0.15, 0.2) is 42.5 Å². The number of ketones is 1. The fourth-order valence-electron chi connectivity index (χ4n) is 3.61. The van der Waals surface area contributed by atoms with Gasteiger partial charge in [-0.2, -0.15) is 0 Å². The number of hydrogen-bond donors (Lipinski definition) is 2. The van der Waals surface area contributed by atoms with Crippen molar-refractivity contribution in [1.29, 1.82) is 0 Å². The number of rotatable bonds is 1. The molecule has 30 heavy (non-hydrogen) atoms. The van der Waals surface area contributed by atoms with Crippen LogP contribution in [0.1, 0.15) is 53.9 Å². The minimum Gasteiger partial charge on any atom is -0.355 e. The summed E-state index contributed by atoms with van der Waals surface area (Å²) < 4.78 is 0. The fraction of sp³-hybridized carbons (Fsp3) is 0.160. The first-order chi connectivity index (χ1) is 14.3. The zero-order valence-electron chi connectivity index (χ0n) is 17.2. The molecule has 0 aromatic carbocycles. The van der Waals surface area contributed by atoms with E-state index in [1.54, 1.807) is 0 Å². The largest absolute Gasteiger partial charge is 0.355 e. The van der Waals surface area contributed by atoms with E-state index in [9.17, 15) is 4.79 Å². The Balaban J connectivity index is 1.84. The van der Waals surface area contributed by atoms with Crippen LogP contribution in [0.4, 0.5) is 0 Å². The van der Waals surface area contributed by atoms with E-state index in [2.05, 4.69) is 19.9 Å². The predicted octanol–water partition coefficient (Wildman–Crippen LogP) is 5.88. The molecule has 0 atom stereocenters. The van der Waals surface area contributed by atoms with Crippen LogP contribution in [0.25, 0.3) is 46.4 Å². The second-order valence-electron chi connectivity index (χ2n) is 8.67. The molecule has 5 heteroatoms. The van der Waals surface area contributed by atoms with Gasteiger partial charge in [0.1, 0.15) is 0 Å². The number of carbonyl (C=O) groups is 1. The molecular formula is C25H22N4O. The van der Waals surface area contributed by atoms with Crippen molar-refractivity contribution in [3.05, 3.63) is 70.8 Å². The van der Waals surface area contributed by atoms with Crippen LogP contribution in [0.5, 0.6) is 0 Å². The highest BCUT2D eigenvalue weighted by molar-refractivity contribution is 6.07. The second-order valence-corrected chi connectivity index (χ2v) is 8.67. The molecule has 0 saturated heterocycles. The molecule has 0 fully saturated rings. The van der Waals surface area contributed by atoms with Gasteiger partial charge in [0.15, 0.2) is 5.78 Å². The molecule has 0 unspecified atom stereocenters. The Morgan fingerprint density at radius 1 is 0.700 bits per heavy atom. The third-order valence-corrected chi connectivity index (χ3v) is 5.09. The summed E-state index contributed by atoms with van der Waals surface area (Å²) in [6, 6.07) is 13.8. The van der Waals surface area contributed by atoms with E-state index in [-0.39, 0.29) is 5.78 Å². The van der Waals surface area contributed by atoms with Gasteiger partial charge in [-0.15, -0.1) is 0 Å². The predicted molar refractivity (Wildman–Crippen MR) is 123 cm³/mol. The van der Waals surface area contributed by atoms with Crippen molar-refractivity contribution in [2.45, 2.75) is 20.8 Å². The SMILES string of the molecule is CC(C)(C)C(=O)c1cc2cc3nc(cc4ccc(cc5nc(cc1[nH]2)C=C5)[nH]4)C=C3. The Kier molecular flexibility index (Phi) is 4.07. The Hall–Kier alpha value is -3.73. The first kappa shape index (κ1) is 18.3. The van der Waals surface area contributed by atoms with E-state index in [1.807, 2.05) is 87.5 Å². The van der Waals surface area contributed by atoms with Gasteiger partial charge in [0, 0.05) is 27.5 Å². The minimum absolute atomic E-state index is 0.0870. The lowest BCUT2D eigenvalue weighted by Gasteiger charge is -2.15. The molecule has 3 aromatic heterocycles. The van der Waals surface area contributed by atoms with Crippen molar-refractivity contribution in [3.8, 4) is 0 Å². The van der Waals surface area contributed by atoms with Crippen LogP contribution >= 0.6 is 0 Å². The number of hydrogen-bond acceptors (Lipinski definition) is 3. The number of nitrogens with zero attached hydrogens (tertiary/aromatic N) is 2. The lowest BCUT2D eigenvalue weighted by atomic mass is 9.87. The molecule has 2 aliphatic rings. The average molecular weight is 394 g/mol. The van der Waals surface area contributed by atoms with Gasteiger partial charge in [0.05, 0.1) is 28.3 Å². The first-order valence-corrected chi connectivity index (χ1v) is 9.97. The number of Topliss-reactive ketones (excluding diaryl/α,β-unsaturated/α-hetero) is 1. The number of aromatic amines is 2. The van der Waals surface area contributed by atoms with E-state index in [4.69, 9.17) is 0 Å². The van der Waals surface area contributed by atoms with Crippen LogP contribution in [-0.4, -0.2) is 25.7 Å². The Morgan fingerprint density at radius 3 is 1.73 bits per heavy atom. The van der Waals surface area contributed by atoms with Gasteiger partial charge in [-0.05, 0) is 66.8 Å². The summed E-state index contributed by atoms with van der Waals surface area (Å²) in [5.41, 5.74) is 7.11. The summed E-state index contributed by atoms with van der Waals surface area (Å²) in [4.78, 5) is 29.2. The van der Waals surface area contributed by atoms with Gasteiger partial charge in [-0.25, -0.2) is 9.97 Å². The highest BCUT2D eigenvalue weighted by Crippen LogP contribution is 2.26. The zero-order valence-corrected chi connectivity index (χ0v) is 17.2. The number of nitrogens with one attached hydrogen (secondary N) is 2. The average Bonchev–Trinajstić information content (AvgIpc) is 3.45. The van der Waals surface area contributed by atoms with Gasteiger partial charge in [0.25, 0.3) is 0 Å². The summed E-state index contributed by atoms with van der Waals surface area (Å²) in [5, 5.41) is 0. The molecule has 8 bridgehead atoms. The molecule has 3 aromatic rings. The molecule has 2 N–H and O–H groups in total. The van der Waals surface area contributed by atoms with Crippen LogP contribution in [-0.2, 0) is 0 Å². The van der Waals surface area contributed by atoms with Crippen molar-refractivity contribution in [1.82, 2.24) is 19.9 Å². The van der Waals surface area contributed by atoms with Crippen LogP contribution < -0.4 is 0 Å². The zero-order chi connectivity index (χ0) is 20.9. The number of H-pyrrole nitrogens is 2. The highest BCUT2D eigenvalue weighted by Gasteiger charge is 2.25. The van der Waals surface area contributed by atoms with E-state index >= 15 is 0 Å². The molecule has 0 aliphatic carbocycles. The normalized spacial score (nSPS) is 13.0. The van der Waals surface area contributed by atoms with E-state index in [1.165, 1.54) is 0 Å². The maximum absolute atomic E-state index is 13.1. The molecule has 0 radical (unpaired) electrons. The molecule has 5 nitrogen and oxygen atoms in total. The van der Waals surface area contributed by atoms with Gasteiger partial charge in [0.2, 0.25) is 0 Å². The molecule has 5 rings (SSSR count). The molecule has 0 spiro atoms. The van der Waals surface area contributed by atoms with E-state index < -0.39 is 5.41 Å². The minimum atomic E-state index is -0.481. The van der Waals surface area contributed by atoms with E-state index in [0.717, 1.165) is 44.8 Å². The quantitative estimate of drug-likeness (QED) is 0.348. The molecule has 2 aliphatic heterocycles. The maximum atomic E-state index is 13.1. The summed E-state index contributed by atoms with van der Waals surface area (Å²) in [6.45, 7) is 5.80. The third-order valence-electron chi connectivity index (χ3n) is 5.09. The standard InChI is InChI=1S/C25H22N4O/c1-25(2,3)24(30)22-13-21-12-19-7-6-17(27-19)10-15-4-5-16(26-15)11-18-8-9-20(28-18)14-23(22)29-21/h4-14,26,29H,1-3H3. The van der Waals surface area contributed by atoms with Crippen molar-refractivity contribution < 1.29 is 4.79 Å². The van der Waals surface area contributed by atoms with Crippen molar-refractivity contribution in [2.24, 2.45) is 5.41 Å². The van der Waals surface area contributed by atoms with Gasteiger partial charge in [-0.1, -0.05) is 20.8 Å². The molecular weight excluding hydrogens is 372 g/mol. The topological polar surface area (TPSA) is 74.4 Å². The Morgan fingerprint density at radius 2 is 1.20 bits per heavy atom. The summed E-state index contributed by atoms with van der Waals surface area (Å²) in [6.07, 6.45) is 7.89. The van der Waals surface area contributed by atoms with Crippen LogP contribution in [0.2, 0.25) is 0 Å². The molecule has 148 valence electrons. The fourth-order valence-corrected chi connectivity index (χ4v) is 3.61. The van der Waals surface area contributed by atoms with Crippen LogP contribution in [0, 0.1) is 5.41 Å². The Bertz CT molecular complexity index is 1390. The number of carbonyl (C=O) groups excluding carboxylic acids is 1. The summed E-state index contributed by atoms with van der Waals surface area (Å²) in [5.74, 6) is 0.0870. The van der Waals surface area contributed by atoms with Crippen molar-refractivity contribution in [3.63, 3.8) is 0 Å². The second kappa shape index (κ2) is 6.66. The van der Waals surface area contributed by atoms with Crippen molar-refractivity contribution >= 4 is 52.2 Å². The highest BCUT2D eigenvalue weighted by atomic mass is 16.1. The Labute approximate surface area is 174 Å². The van der Waals surface area contributed by atoms with Crippen molar-refractivity contribution in [2.75, 3.05) is 0 Å². The van der Waals surface area contributed by atoms with E-state index in [0.29, 0.717) is 5.56 Å². The van der Waals surface area contributed by atoms with Gasteiger partial charge >= 0.3 is 0 Å². The summed E-state index contributed by atoms with van der Waals surface area (Å²) >= 11 is 0. The summed E-state index contributed by atoms with van der Waals surface area (Å²) in [7, 11) is 0. The molecule has 0 amide bonds. The number of aromatic nitrogens is 4. The lowest BCUT2D eigenvalue weighted by Crippen LogP contribution is -2.19. The first-order valence-electron chi connectivity index (χ1n) is 9.97. The molecule has 0 saturated carbocycles. The van der Waals surface area contributed by atoms with Crippen LogP contribution in [0.3, 0.4) is 0 Å². The molecule has 5 heterocycles. The number of fused-ring (bicyclic) bond motifs is 8. The maximum Gasteiger partial charge on any atom is 0.170 e. The monoisotopic (exact) mass is 394 g/mol. The van der Waals surface area contributed by atoms with Gasteiger partial charge < -0.3 is 9.97 Å². The smallest absolute Gasteiger partial charge is 0.170 e. The third kappa shape index (κ3) is 3.50.